The van der Waals surface area contributed by atoms with Gasteiger partial charge in [0.25, 0.3) is 0 Å². The summed E-state index contributed by atoms with van der Waals surface area (Å²) in [6.07, 6.45) is 0.890. The summed E-state index contributed by atoms with van der Waals surface area (Å²) in [6, 6.07) is -0.0614. The highest BCUT2D eigenvalue weighted by Crippen LogP contribution is 2.13. The molecule has 0 radical (unpaired) electrons. The molecule has 70 valence electrons. The second-order valence-corrected chi connectivity index (χ2v) is 3.16. The third-order valence-corrected chi connectivity index (χ3v) is 2.29. The first kappa shape index (κ1) is 9.68. The molecular formula is C9H17NO2. The molecule has 0 aromatic heterocycles. The number of carbonyl (C=O) groups is 1. The first-order valence-corrected chi connectivity index (χ1v) is 4.64. The van der Waals surface area contributed by atoms with Gasteiger partial charge in [-0.05, 0) is 13.0 Å². The van der Waals surface area contributed by atoms with Gasteiger partial charge in [0.05, 0.1) is 19.3 Å². The summed E-state index contributed by atoms with van der Waals surface area (Å²) in [5.41, 5.74) is 0. The summed E-state index contributed by atoms with van der Waals surface area (Å²) in [5, 5.41) is 3.12. The summed E-state index contributed by atoms with van der Waals surface area (Å²) in [6.45, 7) is 6.01. The fraction of sp³-hybridized carbons (Fsp3) is 0.889. The lowest BCUT2D eigenvalue weighted by Gasteiger charge is -2.27. The number of rotatable bonds is 3. The first-order valence-electron chi connectivity index (χ1n) is 4.64. The maximum Gasteiger partial charge on any atom is 0.157 e. The average molecular weight is 171 g/mol. The molecule has 0 saturated carbocycles. The van der Waals surface area contributed by atoms with Gasteiger partial charge in [-0.1, -0.05) is 13.8 Å². The lowest BCUT2D eigenvalue weighted by Crippen LogP contribution is -2.48. The Morgan fingerprint density at radius 3 is 2.83 bits per heavy atom. The SMILES string of the molecule is CCNC1COCC(CC)C1=O. The zero-order valence-corrected chi connectivity index (χ0v) is 7.80. The highest BCUT2D eigenvalue weighted by atomic mass is 16.5. The fourth-order valence-electron chi connectivity index (χ4n) is 1.50. The topological polar surface area (TPSA) is 38.3 Å². The second kappa shape index (κ2) is 4.58. The van der Waals surface area contributed by atoms with E-state index < -0.39 is 0 Å². The Kier molecular flexibility index (Phi) is 3.69. The zero-order chi connectivity index (χ0) is 8.97. The van der Waals surface area contributed by atoms with Crippen LogP contribution in [0, 0.1) is 5.92 Å². The molecule has 2 unspecified atom stereocenters. The molecule has 0 bridgehead atoms. The Bertz CT molecular complexity index is 157. The van der Waals surface area contributed by atoms with Gasteiger partial charge in [-0.15, -0.1) is 0 Å². The first-order chi connectivity index (χ1) is 5.79. The second-order valence-electron chi connectivity index (χ2n) is 3.16. The number of carbonyl (C=O) groups excluding carboxylic acids is 1. The van der Waals surface area contributed by atoms with Crippen LogP contribution < -0.4 is 5.32 Å². The minimum atomic E-state index is -0.0614. The van der Waals surface area contributed by atoms with Crippen molar-refractivity contribution in [3.63, 3.8) is 0 Å². The van der Waals surface area contributed by atoms with E-state index in [0.29, 0.717) is 19.0 Å². The molecule has 0 spiro atoms. The third kappa shape index (κ3) is 2.05. The highest BCUT2D eigenvalue weighted by Gasteiger charge is 2.29. The van der Waals surface area contributed by atoms with Gasteiger partial charge in [0.2, 0.25) is 0 Å². The van der Waals surface area contributed by atoms with Crippen molar-refractivity contribution in [1.82, 2.24) is 5.32 Å². The lowest BCUT2D eigenvalue weighted by atomic mass is 9.94. The summed E-state index contributed by atoms with van der Waals surface area (Å²) >= 11 is 0. The fourth-order valence-corrected chi connectivity index (χ4v) is 1.50. The molecular weight excluding hydrogens is 154 g/mol. The zero-order valence-electron chi connectivity index (χ0n) is 7.80. The summed E-state index contributed by atoms with van der Waals surface area (Å²) in [5.74, 6) is 0.438. The minimum absolute atomic E-state index is 0.0614. The number of hydrogen-bond acceptors (Lipinski definition) is 3. The van der Waals surface area contributed by atoms with Crippen LogP contribution in [0.25, 0.3) is 0 Å². The van der Waals surface area contributed by atoms with E-state index in [0.717, 1.165) is 13.0 Å². The maximum absolute atomic E-state index is 11.6. The lowest BCUT2D eigenvalue weighted by molar-refractivity contribution is -0.133. The Morgan fingerprint density at radius 1 is 1.50 bits per heavy atom. The Labute approximate surface area is 73.5 Å². The standard InChI is InChI=1S/C9H17NO2/c1-3-7-5-12-6-8(9(7)11)10-4-2/h7-8,10H,3-6H2,1-2H3. The van der Waals surface area contributed by atoms with Crippen molar-refractivity contribution in [2.75, 3.05) is 19.8 Å². The van der Waals surface area contributed by atoms with E-state index in [1.807, 2.05) is 13.8 Å². The van der Waals surface area contributed by atoms with Gasteiger partial charge in [0, 0.05) is 5.92 Å². The smallest absolute Gasteiger partial charge is 0.157 e. The predicted octanol–water partition coefficient (Wildman–Crippen LogP) is 0.590. The molecule has 0 aliphatic carbocycles. The van der Waals surface area contributed by atoms with E-state index >= 15 is 0 Å². The van der Waals surface area contributed by atoms with Crippen LogP contribution in [0.3, 0.4) is 0 Å². The number of Topliss-reactive ketones (excluding diaryl/α,β-unsaturated/α-hetero) is 1. The number of ether oxygens (including phenoxy) is 1. The molecule has 1 N–H and O–H groups in total. The van der Waals surface area contributed by atoms with E-state index in [-0.39, 0.29) is 12.0 Å². The van der Waals surface area contributed by atoms with Gasteiger partial charge in [0.1, 0.15) is 0 Å². The third-order valence-electron chi connectivity index (χ3n) is 2.29. The molecule has 1 aliphatic heterocycles. The van der Waals surface area contributed by atoms with Crippen molar-refractivity contribution in [2.45, 2.75) is 26.3 Å². The summed E-state index contributed by atoms with van der Waals surface area (Å²) < 4.78 is 5.33. The minimum Gasteiger partial charge on any atom is -0.379 e. The van der Waals surface area contributed by atoms with Gasteiger partial charge in [-0.2, -0.15) is 0 Å². The van der Waals surface area contributed by atoms with E-state index in [4.69, 9.17) is 4.74 Å². The van der Waals surface area contributed by atoms with Gasteiger partial charge in [-0.25, -0.2) is 0 Å². The molecule has 3 heteroatoms. The Hall–Kier alpha value is -0.410. The maximum atomic E-state index is 11.6. The molecule has 1 saturated heterocycles. The number of likely N-dealkylation sites (N-methyl/N-ethyl adjacent to an activating group) is 1. The van der Waals surface area contributed by atoms with Crippen LogP contribution in [0.4, 0.5) is 0 Å². The molecule has 2 atom stereocenters. The normalized spacial score (nSPS) is 30.7. The number of ketones is 1. The van der Waals surface area contributed by atoms with Crippen molar-refractivity contribution in [3.05, 3.63) is 0 Å². The molecule has 3 nitrogen and oxygen atoms in total. The van der Waals surface area contributed by atoms with Gasteiger partial charge in [-0.3, -0.25) is 4.79 Å². The van der Waals surface area contributed by atoms with Crippen molar-refractivity contribution in [3.8, 4) is 0 Å². The van der Waals surface area contributed by atoms with Crippen LogP contribution in [0.1, 0.15) is 20.3 Å². The highest BCUT2D eigenvalue weighted by molar-refractivity contribution is 5.87. The van der Waals surface area contributed by atoms with Crippen LogP contribution in [0.5, 0.6) is 0 Å². The monoisotopic (exact) mass is 171 g/mol. The number of hydrogen-bond donors (Lipinski definition) is 1. The van der Waals surface area contributed by atoms with Crippen molar-refractivity contribution in [1.29, 1.82) is 0 Å². The van der Waals surface area contributed by atoms with E-state index in [1.54, 1.807) is 0 Å². The van der Waals surface area contributed by atoms with E-state index in [2.05, 4.69) is 5.32 Å². The van der Waals surface area contributed by atoms with Gasteiger partial charge >= 0.3 is 0 Å². The van der Waals surface area contributed by atoms with Crippen LogP contribution in [-0.4, -0.2) is 31.6 Å². The number of nitrogens with one attached hydrogen (secondary N) is 1. The molecule has 12 heavy (non-hydrogen) atoms. The molecule has 0 aromatic carbocycles. The van der Waals surface area contributed by atoms with E-state index in [1.165, 1.54) is 0 Å². The van der Waals surface area contributed by atoms with Crippen LogP contribution >= 0.6 is 0 Å². The largest absolute Gasteiger partial charge is 0.379 e. The quantitative estimate of drug-likeness (QED) is 0.675. The molecule has 1 rings (SSSR count). The van der Waals surface area contributed by atoms with Crippen molar-refractivity contribution >= 4 is 5.78 Å². The van der Waals surface area contributed by atoms with Gasteiger partial charge in [0.15, 0.2) is 5.78 Å². The van der Waals surface area contributed by atoms with Crippen LogP contribution in [-0.2, 0) is 9.53 Å². The van der Waals surface area contributed by atoms with E-state index in [9.17, 15) is 4.79 Å². The Morgan fingerprint density at radius 2 is 2.25 bits per heavy atom. The van der Waals surface area contributed by atoms with Crippen molar-refractivity contribution < 1.29 is 9.53 Å². The summed E-state index contributed by atoms with van der Waals surface area (Å²) in [4.78, 5) is 11.6. The molecule has 1 aliphatic rings. The van der Waals surface area contributed by atoms with Crippen molar-refractivity contribution in [2.24, 2.45) is 5.92 Å². The molecule has 1 fully saturated rings. The average Bonchev–Trinajstić information content (AvgIpc) is 2.09. The summed E-state index contributed by atoms with van der Waals surface area (Å²) in [7, 11) is 0. The van der Waals surface area contributed by atoms with Crippen LogP contribution in [0.2, 0.25) is 0 Å². The predicted molar refractivity (Wildman–Crippen MR) is 47.1 cm³/mol. The van der Waals surface area contributed by atoms with Gasteiger partial charge < -0.3 is 10.1 Å². The molecule has 0 amide bonds. The molecule has 1 heterocycles. The molecule has 0 aromatic rings. The van der Waals surface area contributed by atoms with Crippen LogP contribution in [0.15, 0.2) is 0 Å². The Balaban J connectivity index is 2.47.